The third-order valence-electron chi connectivity index (χ3n) is 4.43. The van der Waals surface area contributed by atoms with Gasteiger partial charge in [-0.05, 0) is 50.1 Å². The molecule has 29 heavy (non-hydrogen) atoms. The van der Waals surface area contributed by atoms with Crippen LogP contribution in [0, 0.1) is 6.92 Å². The van der Waals surface area contributed by atoms with Gasteiger partial charge in [0.15, 0.2) is 17.3 Å². The Morgan fingerprint density at radius 3 is 2.55 bits per heavy atom. The zero-order valence-corrected chi connectivity index (χ0v) is 17.3. The lowest BCUT2D eigenvalue weighted by Crippen LogP contribution is -2.23. The summed E-state index contributed by atoms with van der Waals surface area (Å²) in [4.78, 5) is 18.0. The summed E-state index contributed by atoms with van der Waals surface area (Å²) in [7, 11) is 0. The van der Waals surface area contributed by atoms with Crippen molar-refractivity contribution in [3.8, 4) is 22.9 Å². The lowest BCUT2D eigenvalue weighted by atomic mass is 10.1. The van der Waals surface area contributed by atoms with E-state index in [4.69, 9.17) is 9.47 Å². The number of benzene rings is 2. The van der Waals surface area contributed by atoms with Gasteiger partial charge in [0.05, 0.1) is 17.7 Å². The highest BCUT2D eigenvalue weighted by molar-refractivity contribution is 7.15. The van der Waals surface area contributed by atoms with E-state index in [0.717, 1.165) is 16.7 Å². The molecule has 2 aromatic carbocycles. The molecule has 0 saturated heterocycles. The highest BCUT2D eigenvalue weighted by Crippen LogP contribution is 2.28. The molecule has 0 aliphatic carbocycles. The molecule has 0 fully saturated rings. The fourth-order valence-corrected chi connectivity index (χ4v) is 3.99. The minimum absolute atomic E-state index is 0.177. The summed E-state index contributed by atoms with van der Waals surface area (Å²) >= 11 is 1.32. The monoisotopic (exact) mass is 407 g/mol. The van der Waals surface area contributed by atoms with E-state index in [2.05, 4.69) is 10.1 Å². The molecule has 2 aromatic heterocycles. The lowest BCUT2D eigenvalue weighted by Gasteiger charge is -2.11. The van der Waals surface area contributed by atoms with Crippen LogP contribution in [0.15, 0.2) is 47.3 Å². The molecule has 4 aromatic rings. The number of aromatic nitrogens is 3. The van der Waals surface area contributed by atoms with Crippen LogP contribution in [0.5, 0.6) is 11.5 Å². The van der Waals surface area contributed by atoms with E-state index in [-0.39, 0.29) is 5.56 Å². The van der Waals surface area contributed by atoms with E-state index >= 15 is 0 Å². The summed E-state index contributed by atoms with van der Waals surface area (Å²) in [5.41, 5.74) is 2.69. The summed E-state index contributed by atoms with van der Waals surface area (Å²) < 4.78 is 13.2. The third kappa shape index (κ3) is 3.73. The van der Waals surface area contributed by atoms with E-state index < -0.39 is 0 Å². The van der Waals surface area contributed by atoms with E-state index in [9.17, 15) is 4.79 Å². The molecule has 0 amide bonds. The van der Waals surface area contributed by atoms with Crippen molar-refractivity contribution in [3.63, 3.8) is 0 Å². The summed E-state index contributed by atoms with van der Waals surface area (Å²) in [6, 6.07) is 13.5. The molecule has 0 radical (unpaired) electrons. The van der Waals surface area contributed by atoms with Gasteiger partial charge in [-0.1, -0.05) is 41.7 Å². The van der Waals surface area contributed by atoms with Crippen LogP contribution in [-0.2, 0) is 0 Å². The molecular formula is C22H21N3O3S. The van der Waals surface area contributed by atoms with Crippen molar-refractivity contribution < 1.29 is 9.47 Å². The van der Waals surface area contributed by atoms with Crippen LogP contribution in [0.3, 0.4) is 0 Å². The molecule has 0 saturated carbocycles. The Balaban J connectivity index is 1.75. The molecular weight excluding hydrogens is 386 g/mol. The van der Waals surface area contributed by atoms with E-state index in [0.29, 0.717) is 40.0 Å². The first-order chi connectivity index (χ1) is 14.1. The molecule has 4 rings (SSSR count). The third-order valence-corrected chi connectivity index (χ3v) is 5.39. The minimum atomic E-state index is -0.177. The molecule has 0 spiro atoms. The fraction of sp³-hybridized carbons (Fsp3) is 0.227. The smallest absolute Gasteiger partial charge is 0.291 e. The van der Waals surface area contributed by atoms with Crippen LogP contribution in [0.4, 0.5) is 0 Å². The lowest BCUT2D eigenvalue weighted by molar-refractivity contribution is 0.287. The summed E-state index contributed by atoms with van der Waals surface area (Å²) in [6.45, 7) is 6.95. The minimum Gasteiger partial charge on any atom is -0.490 e. The average Bonchev–Trinajstić information content (AvgIpc) is 3.24. The Kier molecular flexibility index (Phi) is 5.31. The number of hydrogen-bond donors (Lipinski definition) is 0. The normalized spacial score (nSPS) is 11.9. The van der Waals surface area contributed by atoms with Gasteiger partial charge in [0, 0.05) is 5.56 Å². The number of fused-ring (bicyclic) bond motifs is 1. The van der Waals surface area contributed by atoms with Gasteiger partial charge in [0.2, 0.25) is 4.96 Å². The maximum absolute atomic E-state index is 12.8. The topological polar surface area (TPSA) is 65.7 Å². The Bertz CT molecular complexity index is 1280. The van der Waals surface area contributed by atoms with Gasteiger partial charge < -0.3 is 9.47 Å². The van der Waals surface area contributed by atoms with Crippen molar-refractivity contribution in [2.45, 2.75) is 20.8 Å². The van der Waals surface area contributed by atoms with Gasteiger partial charge >= 0.3 is 0 Å². The zero-order chi connectivity index (χ0) is 20.4. The number of hydrogen-bond acceptors (Lipinski definition) is 6. The second-order valence-corrected chi connectivity index (χ2v) is 7.44. The average molecular weight is 407 g/mol. The Morgan fingerprint density at radius 2 is 1.83 bits per heavy atom. The van der Waals surface area contributed by atoms with Crippen molar-refractivity contribution in [2.75, 3.05) is 13.2 Å². The molecule has 0 unspecified atom stereocenters. The molecule has 0 N–H and O–H groups in total. The van der Waals surface area contributed by atoms with Crippen molar-refractivity contribution in [3.05, 3.63) is 68.5 Å². The van der Waals surface area contributed by atoms with Crippen LogP contribution in [-0.4, -0.2) is 27.8 Å². The predicted octanol–water partition coefficient (Wildman–Crippen LogP) is 3.47. The van der Waals surface area contributed by atoms with Gasteiger partial charge in [-0.3, -0.25) is 4.79 Å². The molecule has 0 bridgehead atoms. The Morgan fingerprint density at radius 1 is 1.07 bits per heavy atom. The van der Waals surface area contributed by atoms with Gasteiger partial charge in [-0.2, -0.15) is 9.50 Å². The number of thiazole rings is 1. The molecule has 2 heterocycles. The molecule has 0 aliphatic heterocycles. The van der Waals surface area contributed by atoms with E-state index in [1.165, 1.54) is 15.9 Å². The maximum Gasteiger partial charge on any atom is 0.291 e. The first-order valence-corrected chi connectivity index (χ1v) is 10.3. The van der Waals surface area contributed by atoms with Crippen LogP contribution >= 0.6 is 11.3 Å². The number of nitrogens with zero attached hydrogens (tertiary/aromatic N) is 3. The fourth-order valence-electron chi connectivity index (χ4n) is 3.08. The Hall–Kier alpha value is -3.19. The first kappa shape index (κ1) is 19.1. The standard InChI is InChI=1S/C22H21N3O3S/c1-4-27-17-11-10-15(12-18(17)28-5-2)13-19-21(26)25-22(29-19)23-20(24-25)16-9-7-6-8-14(16)3/h6-13H,4-5H2,1-3H3/b19-13-. The van der Waals surface area contributed by atoms with Crippen molar-refractivity contribution in [1.29, 1.82) is 0 Å². The molecule has 0 atom stereocenters. The highest BCUT2D eigenvalue weighted by Gasteiger charge is 2.13. The predicted molar refractivity (Wildman–Crippen MR) is 115 cm³/mol. The van der Waals surface area contributed by atoms with Crippen molar-refractivity contribution >= 4 is 22.4 Å². The molecule has 0 aliphatic rings. The first-order valence-electron chi connectivity index (χ1n) is 9.47. The number of rotatable bonds is 6. The largest absolute Gasteiger partial charge is 0.490 e. The second-order valence-electron chi connectivity index (χ2n) is 6.43. The van der Waals surface area contributed by atoms with Crippen LogP contribution < -0.4 is 19.6 Å². The SMILES string of the molecule is CCOc1ccc(/C=c2\sc3nc(-c4ccccc4C)nn3c2=O)cc1OCC. The highest BCUT2D eigenvalue weighted by atomic mass is 32.1. The van der Waals surface area contributed by atoms with E-state index in [1.807, 2.05) is 69.3 Å². The molecule has 148 valence electrons. The van der Waals surface area contributed by atoms with Gasteiger partial charge in [0.1, 0.15) is 0 Å². The van der Waals surface area contributed by atoms with Gasteiger partial charge in [-0.15, -0.1) is 5.10 Å². The van der Waals surface area contributed by atoms with Crippen molar-refractivity contribution in [2.24, 2.45) is 0 Å². The molecule has 6 nitrogen and oxygen atoms in total. The zero-order valence-electron chi connectivity index (χ0n) is 16.5. The second kappa shape index (κ2) is 8.05. The van der Waals surface area contributed by atoms with Crippen LogP contribution in [0.1, 0.15) is 25.0 Å². The Labute approximate surface area is 172 Å². The number of aryl methyl sites for hydroxylation is 1. The van der Waals surface area contributed by atoms with Crippen molar-refractivity contribution in [1.82, 2.24) is 14.6 Å². The molecule has 7 heteroatoms. The van der Waals surface area contributed by atoms with E-state index in [1.54, 1.807) is 0 Å². The summed E-state index contributed by atoms with van der Waals surface area (Å²) in [5, 5.41) is 4.43. The quantitative estimate of drug-likeness (QED) is 0.490. The van der Waals surface area contributed by atoms with Gasteiger partial charge in [0.25, 0.3) is 5.56 Å². The summed E-state index contributed by atoms with van der Waals surface area (Å²) in [6.07, 6.45) is 1.83. The van der Waals surface area contributed by atoms with Crippen LogP contribution in [0.2, 0.25) is 0 Å². The van der Waals surface area contributed by atoms with Gasteiger partial charge in [-0.25, -0.2) is 0 Å². The maximum atomic E-state index is 12.8. The summed E-state index contributed by atoms with van der Waals surface area (Å²) in [5.74, 6) is 1.92. The number of ether oxygens (including phenoxy) is 2. The van der Waals surface area contributed by atoms with Crippen LogP contribution in [0.25, 0.3) is 22.4 Å².